The number of carbonyl (C=O) groups is 2. The average molecular weight is 391 g/mol. The van der Waals surface area contributed by atoms with E-state index in [2.05, 4.69) is 25.1 Å². The fourth-order valence-corrected chi connectivity index (χ4v) is 3.82. The van der Waals surface area contributed by atoms with E-state index in [1.165, 1.54) is 0 Å². The maximum Gasteiger partial charge on any atom is 0.289 e. The van der Waals surface area contributed by atoms with Crippen molar-refractivity contribution in [2.45, 2.75) is 39.0 Å². The predicted octanol–water partition coefficient (Wildman–Crippen LogP) is 0.330. The van der Waals surface area contributed by atoms with E-state index >= 15 is 0 Å². The van der Waals surface area contributed by atoms with Crippen LogP contribution in [-0.4, -0.2) is 66.3 Å². The third-order valence-electron chi connectivity index (χ3n) is 4.84. The van der Waals surface area contributed by atoms with Crippen LogP contribution in [-0.2, 0) is 17.9 Å². The number of amides is 2. The second-order valence-electron chi connectivity index (χ2n) is 7.37. The summed E-state index contributed by atoms with van der Waals surface area (Å²) in [7, 11) is 0. The molecule has 1 unspecified atom stereocenters. The molecular weight excluding hydrogens is 370 g/mol. The normalized spacial score (nSPS) is 21.7. The maximum absolute atomic E-state index is 12.5. The van der Waals surface area contributed by atoms with Crippen LogP contribution in [0.25, 0.3) is 0 Å². The van der Waals surface area contributed by atoms with Gasteiger partial charge in [0.2, 0.25) is 5.82 Å². The van der Waals surface area contributed by atoms with Gasteiger partial charge in [0.1, 0.15) is 12.2 Å². The highest BCUT2D eigenvalue weighted by molar-refractivity contribution is 7.03. The second-order valence-corrected chi connectivity index (χ2v) is 7.98. The van der Waals surface area contributed by atoms with Gasteiger partial charge in [0.25, 0.3) is 11.8 Å². The number of likely N-dealkylation sites (tertiary alicyclic amines) is 1. The van der Waals surface area contributed by atoms with Crippen molar-refractivity contribution in [1.82, 2.24) is 34.6 Å². The summed E-state index contributed by atoms with van der Waals surface area (Å²) in [5, 5.41) is 16.5. The van der Waals surface area contributed by atoms with Crippen LogP contribution in [0, 0.1) is 5.92 Å². The van der Waals surface area contributed by atoms with Gasteiger partial charge in [0, 0.05) is 18.5 Å². The molecule has 2 amide bonds. The van der Waals surface area contributed by atoms with E-state index in [9.17, 15) is 9.59 Å². The van der Waals surface area contributed by atoms with Crippen molar-refractivity contribution < 1.29 is 14.3 Å². The fourth-order valence-electron chi connectivity index (χ4n) is 3.39. The molecule has 1 spiro atoms. The quantitative estimate of drug-likeness (QED) is 0.798. The summed E-state index contributed by atoms with van der Waals surface area (Å²) in [4.78, 5) is 26.7. The summed E-state index contributed by atoms with van der Waals surface area (Å²) in [6.07, 6.45) is 0.682. The van der Waals surface area contributed by atoms with Crippen LogP contribution in [0.1, 0.15) is 47.2 Å². The Balaban J connectivity index is 1.49. The monoisotopic (exact) mass is 391 g/mol. The Hall–Kier alpha value is -2.40. The second kappa shape index (κ2) is 6.97. The Morgan fingerprint density at radius 1 is 1.33 bits per heavy atom. The topological polar surface area (TPSA) is 115 Å². The molecule has 10 nitrogen and oxygen atoms in total. The highest BCUT2D eigenvalue weighted by Gasteiger charge is 2.45. The molecule has 0 aromatic carbocycles. The lowest BCUT2D eigenvalue weighted by Gasteiger charge is -2.34. The van der Waals surface area contributed by atoms with Gasteiger partial charge in [-0.25, -0.2) is 0 Å². The third-order valence-corrected chi connectivity index (χ3v) is 5.34. The zero-order chi connectivity index (χ0) is 19.0. The lowest BCUT2D eigenvalue weighted by Crippen LogP contribution is -2.46. The van der Waals surface area contributed by atoms with Crippen LogP contribution >= 0.6 is 11.5 Å². The van der Waals surface area contributed by atoms with E-state index in [-0.39, 0.29) is 18.4 Å². The van der Waals surface area contributed by atoms with E-state index in [0.717, 1.165) is 11.5 Å². The Kier molecular flexibility index (Phi) is 4.64. The highest BCUT2D eigenvalue weighted by atomic mass is 32.1. The van der Waals surface area contributed by atoms with Crippen LogP contribution in [0.5, 0.6) is 0 Å². The van der Waals surface area contributed by atoms with Gasteiger partial charge >= 0.3 is 0 Å². The van der Waals surface area contributed by atoms with Crippen molar-refractivity contribution in [1.29, 1.82) is 0 Å². The number of fused-ring (bicyclic) bond motifs is 1. The van der Waals surface area contributed by atoms with E-state index in [1.54, 1.807) is 10.3 Å². The lowest BCUT2D eigenvalue weighted by atomic mass is 10.0. The number of ether oxygens (including phenoxy) is 1. The molecule has 0 aliphatic carbocycles. The van der Waals surface area contributed by atoms with Crippen molar-refractivity contribution in [3.8, 4) is 0 Å². The summed E-state index contributed by atoms with van der Waals surface area (Å²) in [6, 6.07) is 0. The Bertz CT molecular complexity index is 850. The van der Waals surface area contributed by atoms with Crippen molar-refractivity contribution in [3.05, 3.63) is 22.7 Å². The standard InChI is InChI=1S/C16H21N7O3S/c1-10(2)5-17-14(24)13-20-19-12-6-26-16(9-23(12)13)3-4-22(8-16)15(25)11-7-27-21-18-11/h7,10H,3-6,8-9H2,1-2H3,(H,17,24). The predicted molar refractivity (Wildman–Crippen MR) is 95.1 cm³/mol. The van der Waals surface area contributed by atoms with Crippen molar-refractivity contribution >= 4 is 23.3 Å². The van der Waals surface area contributed by atoms with Gasteiger partial charge in [-0.15, -0.1) is 15.3 Å². The first-order chi connectivity index (χ1) is 13.0. The molecule has 0 radical (unpaired) electrons. The van der Waals surface area contributed by atoms with Crippen molar-refractivity contribution in [2.24, 2.45) is 5.92 Å². The van der Waals surface area contributed by atoms with E-state index in [4.69, 9.17) is 4.74 Å². The summed E-state index contributed by atoms with van der Waals surface area (Å²) in [5.41, 5.74) is -0.187. The number of hydrogen-bond acceptors (Lipinski definition) is 8. The Labute approximate surface area is 160 Å². The summed E-state index contributed by atoms with van der Waals surface area (Å²) >= 11 is 1.15. The number of aromatic nitrogens is 5. The van der Waals surface area contributed by atoms with E-state index in [0.29, 0.717) is 55.9 Å². The molecule has 0 bridgehead atoms. The molecule has 1 fully saturated rings. The number of nitrogens with zero attached hydrogens (tertiary/aromatic N) is 6. The number of hydrogen-bond donors (Lipinski definition) is 1. The van der Waals surface area contributed by atoms with Gasteiger partial charge in [-0.05, 0) is 23.9 Å². The van der Waals surface area contributed by atoms with Crippen LogP contribution in [0.4, 0.5) is 0 Å². The van der Waals surface area contributed by atoms with Gasteiger partial charge in [-0.2, -0.15) is 0 Å². The molecule has 0 saturated carbocycles. The number of rotatable bonds is 4. The molecular formula is C16H21N7O3S. The lowest BCUT2D eigenvalue weighted by molar-refractivity contribution is -0.0812. The molecule has 2 aliphatic rings. The average Bonchev–Trinajstić information content (AvgIpc) is 3.39. The van der Waals surface area contributed by atoms with Gasteiger partial charge in [0.15, 0.2) is 11.5 Å². The Morgan fingerprint density at radius 2 is 2.19 bits per heavy atom. The first kappa shape index (κ1) is 18.0. The van der Waals surface area contributed by atoms with Crippen molar-refractivity contribution in [3.63, 3.8) is 0 Å². The maximum atomic E-state index is 12.5. The van der Waals surface area contributed by atoms with Crippen LogP contribution in [0.3, 0.4) is 0 Å². The molecule has 1 atom stereocenters. The molecule has 1 N–H and O–H groups in total. The molecule has 2 aromatic heterocycles. The van der Waals surface area contributed by atoms with Gasteiger partial charge in [0.05, 0.1) is 13.1 Å². The molecule has 2 aliphatic heterocycles. The minimum absolute atomic E-state index is 0.145. The molecule has 2 aromatic rings. The smallest absolute Gasteiger partial charge is 0.289 e. The minimum atomic E-state index is -0.540. The Morgan fingerprint density at radius 3 is 2.93 bits per heavy atom. The number of carbonyl (C=O) groups excluding carboxylic acids is 2. The van der Waals surface area contributed by atoms with Crippen LogP contribution < -0.4 is 5.32 Å². The van der Waals surface area contributed by atoms with E-state index in [1.807, 2.05) is 18.4 Å². The summed E-state index contributed by atoms with van der Waals surface area (Å²) in [5.74, 6) is 0.889. The van der Waals surface area contributed by atoms with Crippen LogP contribution in [0.2, 0.25) is 0 Å². The molecule has 144 valence electrons. The summed E-state index contributed by atoms with van der Waals surface area (Å²) < 4.78 is 11.6. The van der Waals surface area contributed by atoms with Gasteiger partial charge in [-0.1, -0.05) is 18.3 Å². The first-order valence-electron chi connectivity index (χ1n) is 8.88. The minimum Gasteiger partial charge on any atom is -0.363 e. The number of nitrogens with one attached hydrogen (secondary N) is 1. The summed E-state index contributed by atoms with van der Waals surface area (Å²) in [6.45, 7) is 6.36. The molecule has 4 heterocycles. The zero-order valence-electron chi connectivity index (χ0n) is 15.2. The first-order valence-corrected chi connectivity index (χ1v) is 9.72. The molecule has 27 heavy (non-hydrogen) atoms. The molecule has 11 heteroatoms. The SMILES string of the molecule is CC(C)CNC(=O)c1nnc2n1CC1(CCN(C(=O)c3csnn3)C1)OC2. The largest absolute Gasteiger partial charge is 0.363 e. The fraction of sp³-hybridized carbons (Fsp3) is 0.625. The van der Waals surface area contributed by atoms with Gasteiger partial charge < -0.3 is 19.5 Å². The highest BCUT2D eigenvalue weighted by Crippen LogP contribution is 2.33. The van der Waals surface area contributed by atoms with Gasteiger partial charge in [-0.3, -0.25) is 9.59 Å². The molecule has 4 rings (SSSR count). The zero-order valence-corrected chi connectivity index (χ0v) is 16.0. The van der Waals surface area contributed by atoms with Crippen molar-refractivity contribution in [2.75, 3.05) is 19.6 Å². The van der Waals surface area contributed by atoms with Crippen LogP contribution in [0.15, 0.2) is 5.38 Å². The molecule has 1 saturated heterocycles. The van der Waals surface area contributed by atoms with E-state index < -0.39 is 5.60 Å². The third kappa shape index (κ3) is 3.44.